The van der Waals surface area contributed by atoms with Crippen molar-refractivity contribution in [1.82, 2.24) is 15.0 Å². The highest BCUT2D eigenvalue weighted by molar-refractivity contribution is 5.76. The lowest BCUT2D eigenvalue weighted by Gasteiger charge is -2.18. The molecule has 0 amide bonds. The number of aromatic nitrogens is 2. The van der Waals surface area contributed by atoms with E-state index in [0.717, 1.165) is 33.6 Å². The Kier molecular flexibility index (Phi) is 7.57. The topological polar surface area (TPSA) is 88.7 Å². The predicted molar refractivity (Wildman–Crippen MR) is 135 cm³/mol. The Morgan fingerprint density at radius 2 is 1.83 bits per heavy atom. The van der Waals surface area contributed by atoms with Gasteiger partial charge in [-0.15, -0.1) is 0 Å². The first-order chi connectivity index (χ1) is 17.0. The normalized spacial score (nSPS) is 11.1. The second-order valence-corrected chi connectivity index (χ2v) is 8.28. The van der Waals surface area contributed by atoms with Crippen molar-refractivity contribution in [3.05, 3.63) is 77.9 Å². The van der Waals surface area contributed by atoms with Crippen molar-refractivity contribution < 1.29 is 19.2 Å². The molecule has 0 bridgehead atoms. The maximum atomic E-state index is 11.1. The van der Waals surface area contributed by atoms with Gasteiger partial charge in [-0.3, -0.25) is 9.69 Å². The first-order valence-electron chi connectivity index (χ1n) is 11.7. The number of hydrogen-bond donors (Lipinski definition) is 1. The number of benzene rings is 3. The van der Waals surface area contributed by atoms with Gasteiger partial charge in [0.15, 0.2) is 0 Å². The van der Waals surface area contributed by atoms with Crippen LogP contribution in [-0.4, -0.2) is 45.8 Å². The summed E-state index contributed by atoms with van der Waals surface area (Å²) in [6.07, 6.45) is 0. The zero-order valence-corrected chi connectivity index (χ0v) is 20.2. The fourth-order valence-electron chi connectivity index (χ4n) is 4.02. The summed E-state index contributed by atoms with van der Waals surface area (Å²) in [7, 11) is 0. The van der Waals surface area contributed by atoms with E-state index in [9.17, 15) is 4.79 Å². The van der Waals surface area contributed by atoms with Crippen molar-refractivity contribution in [2.24, 2.45) is 0 Å². The second-order valence-electron chi connectivity index (χ2n) is 8.28. The number of carbonyl (C=O) groups is 1. The van der Waals surface area contributed by atoms with Gasteiger partial charge in [-0.2, -0.15) is 4.98 Å². The van der Waals surface area contributed by atoms with Crippen LogP contribution in [-0.2, 0) is 11.3 Å². The van der Waals surface area contributed by atoms with Gasteiger partial charge in [0.2, 0.25) is 5.82 Å². The lowest BCUT2D eigenvalue weighted by Crippen LogP contribution is -2.29. The van der Waals surface area contributed by atoms with Crippen LogP contribution in [0, 0.1) is 6.92 Å². The molecule has 0 atom stereocenters. The van der Waals surface area contributed by atoms with Crippen LogP contribution in [0.1, 0.15) is 25.0 Å². The third-order valence-corrected chi connectivity index (χ3v) is 5.79. The number of likely N-dealkylation sites (N-methyl/N-ethyl adjacent to an activating group) is 1. The van der Waals surface area contributed by atoms with Crippen LogP contribution in [0.15, 0.2) is 71.3 Å². The molecule has 35 heavy (non-hydrogen) atoms. The van der Waals surface area contributed by atoms with Gasteiger partial charge < -0.3 is 14.4 Å². The number of rotatable bonds is 10. The molecule has 7 nitrogen and oxygen atoms in total. The van der Waals surface area contributed by atoms with Gasteiger partial charge in [0.1, 0.15) is 5.75 Å². The summed E-state index contributed by atoms with van der Waals surface area (Å²) in [4.78, 5) is 17.6. The first kappa shape index (κ1) is 24.2. The molecule has 0 aliphatic heterocycles. The maximum Gasteiger partial charge on any atom is 0.317 e. The first-order valence-corrected chi connectivity index (χ1v) is 11.7. The number of hydrogen-bond acceptors (Lipinski definition) is 6. The Morgan fingerprint density at radius 1 is 1.00 bits per heavy atom. The van der Waals surface area contributed by atoms with Gasteiger partial charge in [-0.05, 0) is 61.3 Å². The number of aryl methyl sites for hydroxylation is 1. The van der Waals surface area contributed by atoms with E-state index in [-0.39, 0.29) is 6.54 Å². The van der Waals surface area contributed by atoms with Gasteiger partial charge in [0.25, 0.3) is 5.89 Å². The molecule has 180 valence electrons. The molecule has 0 aliphatic carbocycles. The number of nitrogens with zero attached hydrogens (tertiary/aromatic N) is 3. The smallest absolute Gasteiger partial charge is 0.317 e. The van der Waals surface area contributed by atoms with Crippen molar-refractivity contribution >= 4 is 5.97 Å². The lowest BCUT2D eigenvalue weighted by atomic mass is 9.98. The average Bonchev–Trinajstić information content (AvgIpc) is 3.35. The van der Waals surface area contributed by atoms with Gasteiger partial charge in [-0.1, -0.05) is 54.5 Å². The minimum Gasteiger partial charge on any atom is -0.493 e. The molecule has 0 unspecified atom stereocenters. The van der Waals surface area contributed by atoms with Crippen LogP contribution in [0.2, 0.25) is 0 Å². The standard InChI is InChI=1S/C28H29N3O4/c1-4-31(18-26(32)33)17-20-10-8-11-21(15-20)27-29-28(35-30-27)22-13-14-24(25(16-22)34-5-2)23-12-7-6-9-19(23)3/h6-16H,4-5,17-18H2,1-3H3,(H,32,33). The summed E-state index contributed by atoms with van der Waals surface area (Å²) in [6, 6.07) is 21.9. The Balaban J connectivity index is 1.61. The maximum absolute atomic E-state index is 11.1. The monoisotopic (exact) mass is 471 g/mol. The Labute approximate surface area is 205 Å². The van der Waals surface area contributed by atoms with Crippen LogP contribution in [0.4, 0.5) is 0 Å². The van der Waals surface area contributed by atoms with E-state index < -0.39 is 5.97 Å². The van der Waals surface area contributed by atoms with E-state index in [1.165, 1.54) is 5.56 Å². The average molecular weight is 472 g/mol. The van der Waals surface area contributed by atoms with Gasteiger partial charge >= 0.3 is 5.97 Å². The van der Waals surface area contributed by atoms with E-state index in [1.54, 1.807) is 0 Å². The zero-order chi connectivity index (χ0) is 24.8. The third-order valence-electron chi connectivity index (χ3n) is 5.79. The number of carboxylic acids is 1. The Hall–Kier alpha value is -3.97. The zero-order valence-electron chi connectivity index (χ0n) is 20.2. The molecule has 0 saturated heterocycles. The van der Waals surface area contributed by atoms with Crippen molar-refractivity contribution in [1.29, 1.82) is 0 Å². The molecule has 0 radical (unpaired) electrons. The van der Waals surface area contributed by atoms with Gasteiger partial charge in [0.05, 0.1) is 13.2 Å². The molecular formula is C28H29N3O4. The molecule has 3 aromatic carbocycles. The van der Waals surface area contributed by atoms with Crippen LogP contribution >= 0.6 is 0 Å². The highest BCUT2D eigenvalue weighted by Gasteiger charge is 2.16. The molecule has 0 aliphatic rings. The Morgan fingerprint density at radius 3 is 2.57 bits per heavy atom. The lowest BCUT2D eigenvalue weighted by molar-refractivity contribution is -0.138. The molecule has 1 N–H and O–H groups in total. The third kappa shape index (κ3) is 5.75. The second kappa shape index (κ2) is 11.0. The SMILES string of the molecule is CCOc1cc(-c2nc(-c3cccc(CN(CC)CC(=O)O)c3)no2)ccc1-c1ccccc1C. The van der Waals surface area contributed by atoms with E-state index in [1.807, 2.05) is 73.3 Å². The number of aliphatic carboxylic acids is 1. The van der Waals surface area contributed by atoms with E-state index >= 15 is 0 Å². The molecule has 1 heterocycles. The highest BCUT2D eigenvalue weighted by atomic mass is 16.5. The van der Waals surface area contributed by atoms with E-state index in [0.29, 0.717) is 31.4 Å². The molecule has 7 heteroatoms. The summed E-state index contributed by atoms with van der Waals surface area (Å²) in [5, 5.41) is 13.3. The summed E-state index contributed by atoms with van der Waals surface area (Å²) >= 11 is 0. The fourth-order valence-corrected chi connectivity index (χ4v) is 4.02. The molecular weight excluding hydrogens is 442 g/mol. The summed E-state index contributed by atoms with van der Waals surface area (Å²) < 4.78 is 11.6. The molecule has 1 aromatic heterocycles. The Bertz CT molecular complexity index is 1320. The molecule has 0 spiro atoms. The van der Waals surface area contributed by atoms with Crippen LogP contribution in [0.25, 0.3) is 34.0 Å². The fraction of sp³-hybridized carbons (Fsp3) is 0.250. The van der Waals surface area contributed by atoms with E-state index in [4.69, 9.17) is 14.4 Å². The highest BCUT2D eigenvalue weighted by Crippen LogP contribution is 2.36. The number of ether oxygens (including phenoxy) is 1. The van der Waals surface area contributed by atoms with Crippen LogP contribution in [0.5, 0.6) is 5.75 Å². The summed E-state index contributed by atoms with van der Waals surface area (Å²) in [5.41, 5.74) is 5.88. The minimum atomic E-state index is -0.842. The van der Waals surface area contributed by atoms with Gasteiger partial charge in [0, 0.05) is 23.2 Å². The molecule has 0 saturated carbocycles. The van der Waals surface area contributed by atoms with Crippen LogP contribution < -0.4 is 4.74 Å². The number of carboxylic acid groups (broad SMARTS) is 1. The van der Waals surface area contributed by atoms with Crippen molar-refractivity contribution in [3.63, 3.8) is 0 Å². The summed E-state index contributed by atoms with van der Waals surface area (Å²) in [5.74, 6) is 0.803. The van der Waals surface area contributed by atoms with Crippen molar-refractivity contribution in [3.8, 4) is 39.7 Å². The predicted octanol–water partition coefficient (Wildman–Crippen LogP) is 5.68. The molecule has 4 rings (SSSR count). The van der Waals surface area contributed by atoms with Crippen molar-refractivity contribution in [2.75, 3.05) is 19.7 Å². The molecule has 4 aromatic rings. The van der Waals surface area contributed by atoms with Gasteiger partial charge in [-0.25, -0.2) is 0 Å². The largest absolute Gasteiger partial charge is 0.493 e. The quantitative estimate of drug-likeness (QED) is 0.318. The van der Waals surface area contributed by atoms with Crippen LogP contribution in [0.3, 0.4) is 0 Å². The minimum absolute atomic E-state index is 0.00620. The van der Waals surface area contributed by atoms with E-state index in [2.05, 4.69) is 29.2 Å². The van der Waals surface area contributed by atoms with Crippen molar-refractivity contribution in [2.45, 2.75) is 27.3 Å². The molecule has 0 fully saturated rings. The summed E-state index contributed by atoms with van der Waals surface area (Å²) in [6.45, 7) is 7.69.